The minimum absolute atomic E-state index is 0.0508. The molecule has 0 bridgehead atoms. The Hall–Kier alpha value is -1.40. The van der Waals surface area contributed by atoms with Crippen LogP contribution in [0.3, 0.4) is 0 Å². The number of hydrogen-bond acceptors (Lipinski definition) is 4. The molecule has 1 fully saturated rings. The second-order valence-electron chi connectivity index (χ2n) is 5.34. The van der Waals surface area contributed by atoms with Crippen LogP contribution in [0.4, 0.5) is 0 Å². The monoisotopic (exact) mass is 280 g/mol. The van der Waals surface area contributed by atoms with Crippen LogP contribution in [0.5, 0.6) is 0 Å². The van der Waals surface area contributed by atoms with Gasteiger partial charge >= 0.3 is 0 Å². The van der Waals surface area contributed by atoms with Gasteiger partial charge in [-0.1, -0.05) is 6.92 Å². The van der Waals surface area contributed by atoms with Crippen LogP contribution >= 0.6 is 0 Å². The first-order chi connectivity index (χ1) is 9.70. The molecule has 0 aromatic carbocycles. The second-order valence-corrected chi connectivity index (χ2v) is 5.34. The standard InChI is InChI=1S/C14H24N4O2/c1-3-5-15-13-10-20-9-12(13)14(19)17-11(2)8-18-7-4-6-16-18/h4,6-7,11-13,15H,3,5,8-10H2,1-2H3,(H,17,19). The Kier molecular flexibility index (Phi) is 5.55. The van der Waals surface area contributed by atoms with Crippen LogP contribution in [0.25, 0.3) is 0 Å². The van der Waals surface area contributed by atoms with Crippen molar-refractivity contribution in [2.75, 3.05) is 19.8 Å². The summed E-state index contributed by atoms with van der Waals surface area (Å²) in [4.78, 5) is 12.3. The molecule has 1 aromatic heterocycles. The van der Waals surface area contributed by atoms with Crippen molar-refractivity contribution < 1.29 is 9.53 Å². The van der Waals surface area contributed by atoms with Gasteiger partial charge in [0.25, 0.3) is 0 Å². The Morgan fingerprint density at radius 1 is 1.55 bits per heavy atom. The fourth-order valence-corrected chi connectivity index (χ4v) is 2.43. The van der Waals surface area contributed by atoms with Crippen molar-refractivity contribution in [2.45, 2.75) is 38.9 Å². The number of ether oxygens (including phenoxy) is 1. The summed E-state index contributed by atoms with van der Waals surface area (Å²) in [6.07, 6.45) is 4.69. The molecule has 2 N–H and O–H groups in total. The number of nitrogens with one attached hydrogen (secondary N) is 2. The molecule has 6 heteroatoms. The molecule has 2 heterocycles. The molecular weight excluding hydrogens is 256 g/mol. The summed E-state index contributed by atoms with van der Waals surface area (Å²) in [7, 11) is 0. The maximum atomic E-state index is 12.3. The fourth-order valence-electron chi connectivity index (χ4n) is 2.43. The number of hydrogen-bond donors (Lipinski definition) is 2. The molecular formula is C14H24N4O2. The molecule has 1 saturated heterocycles. The molecule has 0 aliphatic carbocycles. The van der Waals surface area contributed by atoms with E-state index < -0.39 is 0 Å². The van der Waals surface area contributed by atoms with Crippen LogP contribution in [-0.2, 0) is 16.1 Å². The van der Waals surface area contributed by atoms with Crippen LogP contribution in [0.1, 0.15) is 20.3 Å². The molecule has 2 rings (SSSR count). The minimum Gasteiger partial charge on any atom is -0.379 e. The van der Waals surface area contributed by atoms with Crippen LogP contribution in [-0.4, -0.2) is 47.5 Å². The first-order valence-electron chi connectivity index (χ1n) is 7.29. The van der Waals surface area contributed by atoms with E-state index >= 15 is 0 Å². The van der Waals surface area contributed by atoms with E-state index in [9.17, 15) is 4.79 Å². The third-order valence-corrected chi connectivity index (χ3v) is 3.48. The third-order valence-electron chi connectivity index (χ3n) is 3.48. The molecule has 112 valence electrons. The molecule has 1 amide bonds. The molecule has 6 nitrogen and oxygen atoms in total. The average molecular weight is 280 g/mol. The zero-order valence-corrected chi connectivity index (χ0v) is 12.2. The number of rotatable bonds is 7. The molecule has 3 atom stereocenters. The summed E-state index contributed by atoms with van der Waals surface area (Å²) < 4.78 is 7.26. The number of carbonyl (C=O) groups excluding carboxylic acids is 1. The summed E-state index contributed by atoms with van der Waals surface area (Å²) in [6.45, 7) is 6.82. The first-order valence-corrected chi connectivity index (χ1v) is 7.29. The lowest BCUT2D eigenvalue weighted by molar-refractivity contribution is -0.126. The van der Waals surface area contributed by atoms with E-state index in [0.29, 0.717) is 19.8 Å². The van der Waals surface area contributed by atoms with Gasteiger partial charge in [-0.05, 0) is 26.0 Å². The summed E-state index contributed by atoms with van der Waals surface area (Å²) in [5.74, 6) is -0.0302. The Morgan fingerprint density at radius 2 is 2.40 bits per heavy atom. The van der Waals surface area contributed by atoms with Crippen molar-refractivity contribution in [2.24, 2.45) is 5.92 Å². The topological polar surface area (TPSA) is 68.2 Å². The predicted molar refractivity (Wildman–Crippen MR) is 76.2 cm³/mol. The SMILES string of the molecule is CCCNC1COCC1C(=O)NC(C)Cn1cccn1. The zero-order valence-electron chi connectivity index (χ0n) is 12.2. The summed E-state index contributed by atoms with van der Waals surface area (Å²) in [6, 6.07) is 2.06. The van der Waals surface area contributed by atoms with Gasteiger partial charge in [-0.15, -0.1) is 0 Å². The lowest BCUT2D eigenvalue weighted by Gasteiger charge is -2.21. The van der Waals surface area contributed by atoms with Crippen molar-refractivity contribution in [3.05, 3.63) is 18.5 Å². The molecule has 20 heavy (non-hydrogen) atoms. The molecule has 1 aliphatic heterocycles. The van der Waals surface area contributed by atoms with Gasteiger partial charge in [0.05, 0.1) is 25.7 Å². The van der Waals surface area contributed by atoms with Gasteiger partial charge < -0.3 is 15.4 Å². The smallest absolute Gasteiger partial charge is 0.227 e. The quantitative estimate of drug-likeness (QED) is 0.759. The molecule has 0 spiro atoms. The van der Waals surface area contributed by atoms with Crippen molar-refractivity contribution in [1.82, 2.24) is 20.4 Å². The fraction of sp³-hybridized carbons (Fsp3) is 0.714. The van der Waals surface area contributed by atoms with Crippen molar-refractivity contribution in [1.29, 1.82) is 0 Å². The Bertz CT molecular complexity index is 407. The highest BCUT2D eigenvalue weighted by molar-refractivity contribution is 5.80. The lowest BCUT2D eigenvalue weighted by atomic mass is 10.0. The maximum Gasteiger partial charge on any atom is 0.227 e. The third kappa shape index (κ3) is 4.05. The van der Waals surface area contributed by atoms with E-state index in [1.807, 2.05) is 23.9 Å². The van der Waals surface area contributed by atoms with E-state index in [0.717, 1.165) is 13.0 Å². The van der Waals surface area contributed by atoms with Gasteiger partial charge in [0, 0.05) is 24.5 Å². The van der Waals surface area contributed by atoms with Crippen LogP contribution in [0.15, 0.2) is 18.5 Å². The van der Waals surface area contributed by atoms with Crippen LogP contribution in [0, 0.1) is 5.92 Å². The molecule has 3 unspecified atom stereocenters. The Labute approximate surface area is 119 Å². The average Bonchev–Trinajstić information content (AvgIpc) is 3.06. The summed E-state index contributed by atoms with van der Waals surface area (Å²) >= 11 is 0. The van der Waals surface area contributed by atoms with E-state index in [1.54, 1.807) is 6.20 Å². The predicted octanol–water partition coefficient (Wildman–Crippen LogP) is 0.402. The van der Waals surface area contributed by atoms with E-state index in [4.69, 9.17) is 4.74 Å². The van der Waals surface area contributed by atoms with Crippen LogP contribution < -0.4 is 10.6 Å². The van der Waals surface area contributed by atoms with Gasteiger partial charge in [0.1, 0.15) is 0 Å². The number of aromatic nitrogens is 2. The largest absolute Gasteiger partial charge is 0.379 e. The first kappa shape index (κ1) is 15.0. The van der Waals surface area contributed by atoms with Crippen molar-refractivity contribution in [3.8, 4) is 0 Å². The highest BCUT2D eigenvalue weighted by atomic mass is 16.5. The highest BCUT2D eigenvalue weighted by Crippen LogP contribution is 2.14. The summed E-state index contributed by atoms with van der Waals surface area (Å²) in [5.41, 5.74) is 0. The van der Waals surface area contributed by atoms with Gasteiger partial charge in [0.2, 0.25) is 5.91 Å². The van der Waals surface area contributed by atoms with E-state index in [-0.39, 0.29) is 23.9 Å². The van der Waals surface area contributed by atoms with Gasteiger partial charge in [-0.25, -0.2) is 0 Å². The number of amides is 1. The van der Waals surface area contributed by atoms with Gasteiger partial charge in [-0.2, -0.15) is 5.10 Å². The normalized spacial score (nSPS) is 23.7. The Morgan fingerprint density at radius 3 is 3.10 bits per heavy atom. The van der Waals surface area contributed by atoms with Crippen molar-refractivity contribution >= 4 is 5.91 Å². The number of carbonyl (C=O) groups is 1. The minimum atomic E-state index is -0.0957. The zero-order chi connectivity index (χ0) is 14.4. The molecule has 0 radical (unpaired) electrons. The van der Waals surface area contributed by atoms with E-state index in [2.05, 4.69) is 22.7 Å². The van der Waals surface area contributed by atoms with Crippen LogP contribution in [0.2, 0.25) is 0 Å². The highest BCUT2D eigenvalue weighted by Gasteiger charge is 2.33. The van der Waals surface area contributed by atoms with Crippen molar-refractivity contribution in [3.63, 3.8) is 0 Å². The van der Waals surface area contributed by atoms with Gasteiger partial charge in [-0.3, -0.25) is 9.48 Å². The Balaban J connectivity index is 1.80. The molecule has 1 aliphatic rings. The maximum absolute atomic E-state index is 12.3. The van der Waals surface area contributed by atoms with E-state index in [1.165, 1.54) is 0 Å². The molecule has 1 aromatic rings. The second kappa shape index (κ2) is 7.40. The molecule has 0 saturated carbocycles. The number of nitrogens with zero attached hydrogens (tertiary/aromatic N) is 2. The summed E-state index contributed by atoms with van der Waals surface area (Å²) in [5, 5.41) is 10.6. The lowest BCUT2D eigenvalue weighted by Crippen LogP contribution is -2.47. The van der Waals surface area contributed by atoms with Gasteiger partial charge in [0.15, 0.2) is 0 Å².